The van der Waals surface area contributed by atoms with Crippen LogP contribution in [0.1, 0.15) is 135 Å². The Morgan fingerprint density at radius 1 is 0.593 bits per heavy atom. The van der Waals surface area contributed by atoms with Gasteiger partial charge in [0.25, 0.3) is 0 Å². The molecule has 1 aromatic carbocycles. The van der Waals surface area contributed by atoms with Crippen LogP contribution in [0.5, 0.6) is 5.75 Å². The smallest absolute Gasteiger partial charge is 0.127 e. The van der Waals surface area contributed by atoms with E-state index in [2.05, 4.69) is 89.7 Å². The van der Waals surface area contributed by atoms with Gasteiger partial charge in [-0.3, -0.25) is 0 Å². The predicted molar refractivity (Wildman–Crippen MR) is 122 cm³/mol. The van der Waals surface area contributed by atoms with Gasteiger partial charge < -0.3 is 4.74 Å². The molecule has 0 aliphatic carbocycles. The Balaban J connectivity index is 4.27. The zero-order valence-electron chi connectivity index (χ0n) is 20.1. The third kappa shape index (κ3) is 4.98. The van der Waals surface area contributed by atoms with Gasteiger partial charge in [-0.25, -0.2) is 0 Å². The van der Waals surface area contributed by atoms with E-state index in [1.807, 2.05) is 0 Å². The van der Waals surface area contributed by atoms with Gasteiger partial charge >= 0.3 is 0 Å². The zero-order chi connectivity index (χ0) is 21.2. The van der Waals surface area contributed by atoms with E-state index >= 15 is 0 Å². The van der Waals surface area contributed by atoms with Crippen LogP contribution in [-0.4, -0.2) is 6.10 Å². The summed E-state index contributed by atoms with van der Waals surface area (Å²) < 4.78 is 6.55. The molecule has 0 aliphatic heterocycles. The first-order valence-corrected chi connectivity index (χ1v) is 10.9. The summed E-state index contributed by atoms with van der Waals surface area (Å²) in [5, 5.41) is 0. The topological polar surface area (TPSA) is 9.23 Å². The Bertz CT molecular complexity index is 616. The highest BCUT2D eigenvalue weighted by Gasteiger charge is 2.31. The molecule has 0 radical (unpaired) electrons. The minimum Gasteiger partial charge on any atom is -0.490 e. The van der Waals surface area contributed by atoms with Crippen molar-refractivity contribution in [2.75, 3.05) is 0 Å². The van der Waals surface area contributed by atoms with Gasteiger partial charge in [0.2, 0.25) is 0 Å². The minimum absolute atomic E-state index is 0.166. The zero-order valence-corrected chi connectivity index (χ0v) is 20.1. The van der Waals surface area contributed by atoms with Crippen molar-refractivity contribution in [2.24, 2.45) is 5.92 Å². The highest BCUT2D eigenvalue weighted by molar-refractivity contribution is 5.77. The second-order valence-corrected chi connectivity index (χ2v) is 9.82. The van der Waals surface area contributed by atoms with Crippen LogP contribution in [-0.2, 0) is 0 Å². The normalized spacial score (nSPS) is 12.4. The molecule has 0 atom stereocenters. The van der Waals surface area contributed by atoms with Crippen LogP contribution in [0.25, 0.3) is 5.57 Å². The third-order valence-electron chi connectivity index (χ3n) is 5.29. The van der Waals surface area contributed by atoms with Gasteiger partial charge in [0, 0.05) is 11.1 Å². The van der Waals surface area contributed by atoms with Gasteiger partial charge in [0.05, 0.1) is 6.10 Å². The van der Waals surface area contributed by atoms with E-state index in [1.165, 1.54) is 33.4 Å². The van der Waals surface area contributed by atoms with E-state index in [1.54, 1.807) is 0 Å². The summed E-state index contributed by atoms with van der Waals surface area (Å²) in [4.78, 5) is 0. The molecule has 0 heterocycles. The molecule has 0 saturated carbocycles. The Kier molecular flexibility index (Phi) is 8.20. The monoisotopic (exact) mass is 372 g/mol. The molecule has 154 valence electrons. The quantitative estimate of drug-likeness (QED) is 0.443. The van der Waals surface area contributed by atoms with Crippen LogP contribution in [0.15, 0.2) is 6.58 Å². The molecule has 0 bridgehead atoms. The molecule has 1 rings (SSSR count). The van der Waals surface area contributed by atoms with Gasteiger partial charge in [0.1, 0.15) is 5.75 Å². The fraction of sp³-hybridized carbons (Fsp3) is 0.692. The maximum absolute atomic E-state index is 6.55. The summed E-state index contributed by atoms with van der Waals surface area (Å²) >= 11 is 0. The molecule has 0 aliphatic rings. The van der Waals surface area contributed by atoms with Crippen LogP contribution in [0.3, 0.4) is 0 Å². The van der Waals surface area contributed by atoms with E-state index < -0.39 is 0 Å². The molecular formula is C26H44O. The fourth-order valence-electron chi connectivity index (χ4n) is 4.15. The summed E-state index contributed by atoms with van der Waals surface area (Å²) in [6.07, 6.45) is 0.166. The molecule has 1 aromatic rings. The molecule has 0 spiro atoms. The number of allylic oxidation sites excluding steroid dienone is 1. The molecule has 0 unspecified atom stereocenters. The summed E-state index contributed by atoms with van der Waals surface area (Å²) in [6.45, 7) is 31.8. The number of rotatable bonds is 8. The lowest BCUT2D eigenvalue weighted by atomic mass is 9.73. The predicted octanol–water partition coefficient (Wildman–Crippen LogP) is 8.64. The average molecular weight is 373 g/mol. The van der Waals surface area contributed by atoms with Gasteiger partial charge in [-0.05, 0) is 65.7 Å². The van der Waals surface area contributed by atoms with Crippen molar-refractivity contribution in [3.05, 3.63) is 34.4 Å². The Labute approximate surface area is 169 Å². The highest BCUT2D eigenvalue weighted by atomic mass is 16.5. The maximum atomic E-state index is 6.55. The molecule has 1 nitrogen and oxygen atoms in total. The molecule has 27 heavy (non-hydrogen) atoms. The first kappa shape index (κ1) is 23.8. The standard InChI is InChI=1S/C26H44O/c1-14(2)20(13)25-21(15(3)4)23(17(7)8)26(27-19(11)12)24(18(9)10)22(25)16(5)6/h14-19H,13H2,1-12H3. The van der Waals surface area contributed by atoms with E-state index in [0.29, 0.717) is 29.6 Å². The van der Waals surface area contributed by atoms with Gasteiger partial charge in [0.15, 0.2) is 0 Å². The molecule has 0 amide bonds. The van der Waals surface area contributed by atoms with Crippen molar-refractivity contribution >= 4 is 5.57 Å². The Morgan fingerprint density at radius 3 is 1.15 bits per heavy atom. The second kappa shape index (κ2) is 9.30. The van der Waals surface area contributed by atoms with Crippen molar-refractivity contribution in [3.8, 4) is 5.75 Å². The van der Waals surface area contributed by atoms with E-state index in [-0.39, 0.29) is 6.10 Å². The van der Waals surface area contributed by atoms with Crippen molar-refractivity contribution in [1.82, 2.24) is 0 Å². The van der Waals surface area contributed by atoms with Crippen molar-refractivity contribution < 1.29 is 4.74 Å². The number of ether oxygens (including phenoxy) is 1. The molecular weight excluding hydrogens is 328 g/mol. The summed E-state index contributed by atoms with van der Waals surface area (Å²) in [5.41, 5.74) is 8.37. The molecule has 0 N–H and O–H groups in total. The lowest BCUT2D eigenvalue weighted by Gasteiger charge is -2.34. The van der Waals surface area contributed by atoms with Gasteiger partial charge in [-0.15, -0.1) is 0 Å². The lowest BCUT2D eigenvalue weighted by Crippen LogP contribution is -2.19. The SMILES string of the molecule is C=C(c1c(C(C)C)c(C(C)C)c(OC(C)C)c(C(C)C)c1C(C)C)C(C)C. The number of benzene rings is 1. The largest absolute Gasteiger partial charge is 0.490 e. The second-order valence-electron chi connectivity index (χ2n) is 9.82. The molecule has 1 heteroatoms. The van der Waals surface area contributed by atoms with Gasteiger partial charge in [-0.2, -0.15) is 0 Å². The van der Waals surface area contributed by atoms with Crippen molar-refractivity contribution in [1.29, 1.82) is 0 Å². The summed E-state index contributed by atoms with van der Waals surface area (Å²) in [5.74, 6) is 3.25. The first-order valence-electron chi connectivity index (χ1n) is 10.9. The van der Waals surface area contributed by atoms with E-state index in [0.717, 1.165) is 5.75 Å². The van der Waals surface area contributed by atoms with Crippen LogP contribution in [0, 0.1) is 5.92 Å². The molecule has 0 aromatic heterocycles. The molecule has 0 fully saturated rings. The van der Waals surface area contributed by atoms with Crippen molar-refractivity contribution in [3.63, 3.8) is 0 Å². The van der Waals surface area contributed by atoms with Gasteiger partial charge in [-0.1, -0.05) is 75.8 Å². The fourth-order valence-corrected chi connectivity index (χ4v) is 4.15. The van der Waals surface area contributed by atoms with Crippen LogP contribution in [0.4, 0.5) is 0 Å². The molecule has 0 saturated heterocycles. The third-order valence-corrected chi connectivity index (χ3v) is 5.29. The minimum atomic E-state index is 0.166. The summed E-state index contributed by atoms with van der Waals surface area (Å²) in [7, 11) is 0. The Morgan fingerprint density at radius 2 is 0.926 bits per heavy atom. The average Bonchev–Trinajstić information content (AvgIpc) is 2.50. The van der Waals surface area contributed by atoms with Crippen molar-refractivity contribution in [2.45, 2.75) is 113 Å². The summed E-state index contributed by atoms with van der Waals surface area (Å²) in [6, 6.07) is 0. The number of hydrogen-bond acceptors (Lipinski definition) is 1. The van der Waals surface area contributed by atoms with Crippen LogP contribution < -0.4 is 4.74 Å². The number of hydrogen-bond donors (Lipinski definition) is 0. The first-order chi connectivity index (χ1) is 12.3. The van der Waals surface area contributed by atoms with E-state index in [9.17, 15) is 0 Å². The Hall–Kier alpha value is -1.24. The highest BCUT2D eigenvalue weighted by Crippen LogP contribution is 2.49. The van der Waals surface area contributed by atoms with Crippen LogP contribution >= 0.6 is 0 Å². The van der Waals surface area contributed by atoms with E-state index in [4.69, 9.17) is 4.74 Å². The lowest BCUT2D eigenvalue weighted by molar-refractivity contribution is 0.235. The van der Waals surface area contributed by atoms with Crippen LogP contribution in [0.2, 0.25) is 0 Å². The maximum Gasteiger partial charge on any atom is 0.127 e.